The molecule has 0 aliphatic heterocycles. The van der Waals surface area contributed by atoms with Crippen molar-refractivity contribution < 1.29 is 5.11 Å². The Kier molecular flexibility index (Phi) is 2.94. The van der Waals surface area contributed by atoms with Crippen LogP contribution in [0.2, 0.25) is 0 Å². The van der Waals surface area contributed by atoms with Gasteiger partial charge >= 0.3 is 0 Å². The Labute approximate surface area is 62.8 Å². The fourth-order valence-electron chi connectivity index (χ4n) is 1.62. The van der Waals surface area contributed by atoms with Gasteiger partial charge in [0.25, 0.3) is 0 Å². The quantitative estimate of drug-likeness (QED) is 0.581. The first kappa shape index (κ1) is 7.80. The predicted molar refractivity (Wildman–Crippen MR) is 42.7 cm³/mol. The highest BCUT2D eigenvalue weighted by atomic mass is 16.3. The lowest BCUT2D eigenvalue weighted by Crippen LogP contribution is -2.10. The Morgan fingerprint density at radius 2 is 2.40 bits per heavy atom. The summed E-state index contributed by atoms with van der Waals surface area (Å²) < 4.78 is 0. The van der Waals surface area contributed by atoms with Crippen molar-refractivity contribution in [2.24, 2.45) is 11.8 Å². The zero-order valence-electron chi connectivity index (χ0n) is 6.59. The number of aliphatic hydroxyl groups excluding tert-OH is 1. The van der Waals surface area contributed by atoms with Crippen LogP contribution in [0.1, 0.15) is 26.2 Å². The maximum atomic E-state index is 8.68. The molecule has 58 valence electrons. The van der Waals surface area contributed by atoms with E-state index in [-0.39, 0.29) is 0 Å². The second kappa shape index (κ2) is 3.77. The number of hydrogen-bond acceptors (Lipinski definition) is 1. The maximum Gasteiger partial charge on any atom is 0.0433 e. The lowest BCUT2D eigenvalue weighted by molar-refractivity contribution is 0.243. The highest BCUT2D eigenvalue weighted by Gasteiger charge is 2.13. The average Bonchev–Trinajstić information content (AvgIpc) is 1.88. The van der Waals surface area contributed by atoms with Gasteiger partial charge in [-0.3, -0.25) is 0 Å². The van der Waals surface area contributed by atoms with E-state index >= 15 is 0 Å². The largest absolute Gasteiger partial charge is 0.396 e. The zero-order chi connectivity index (χ0) is 7.40. The molecule has 1 N–H and O–H groups in total. The SMILES string of the molecule is CC1C=CCC(CCO)C1. The molecule has 0 fully saturated rings. The number of hydrogen-bond donors (Lipinski definition) is 1. The maximum absolute atomic E-state index is 8.68. The molecule has 0 bridgehead atoms. The lowest BCUT2D eigenvalue weighted by atomic mass is 9.86. The molecule has 2 atom stereocenters. The van der Waals surface area contributed by atoms with Gasteiger partial charge in [0.2, 0.25) is 0 Å². The Morgan fingerprint density at radius 1 is 1.60 bits per heavy atom. The highest BCUT2D eigenvalue weighted by Crippen LogP contribution is 2.24. The van der Waals surface area contributed by atoms with Gasteiger partial charge in [-0.2, -0.15) is 0 Å². The highest BCUT2D eigenvalue weighted by molar-refractivity contribution is 4.94. The van der Waals surface area contributed by atoms with Crippen molar-refractivity contribution in [1.82, 2.24) is 0 Å². The molecule has 0 amide bonds. The first-order valence-corrected chi connectivity index (χ1v) is 4.10. The molecule has 2 unspecified atom stereocenters. The molecule has 0 heterocycles. The predicted octanol–water partition coefficient (Wildman–Crippen LogP) is 1.97. The van der Waals surface area contributed by atoms with E-state index in [1.165, 1.54) is 12.8 Å². The molecule has 1 aliphatic carbocycles. The summed E-state index contributed by atoms with van der Waals surface area (Å²) in [6.07, 6.45) is 7.93. The van der Waals surface area contributed by atoms with Crippen molar-refractivity contribution in [2.75, 3.05) is 6.61 Å². The van der Waals surface area contributed by atoms with E-state index in [9.17, 15) is 0 Å². The normalized spacial score (nSPS) is 32.6. The molecule has 1 rings (SSSR count). The fraction of sp³-hybridized carbons (Fsp3) is 0.778. The van der Waals surface area contributed by atoms with Crippen LogP contribution in [0.5, 0.6) is 0 Å². The molecule has 0 saturated heterocycles. The summed E-state index contributed by atoms with van der Waals surface area (Å²) in [5.74, 6) is 1.47. The van der Waals surface area contributed by atoms with Gasteiger partial charge in [-0.15, -0.1) is 0 Å². The smallest absolute Gasteiger partial charge is 0.0433 e. The molecular formula is C9H16O. The summed E-state index contributed by atoms with van der Waals surface area (Å²) in [4.78, 5) is 0. The first-order valence-electron chi connectivity index (χ1n) is 4.10. The van der Waals surface area contributed by atoms with Gasteiger partial charge in [0.15, 0.2) is 0 Å². The van der Waals surface area contributed by atoms with Crippen LogP contribution in [0.3, 0.4) is 0 Å². The van der Waals surface area contributed by atoms with Gasteiger partial charge in [0.1, 0.15) is 0 Å². The third-order valence-corrected chi connectivity index (χ3v) is 2.18. The van der Waals surface area contributed by atoms with E-state index in [4.69, 9.17) is 5.11 Å². The average molecular weight is 140 g/mol. The van der Waals surface area contributed by atoms with Gasteiger partial charge in [0, 0.05) is 6.61 Å². The molecule has 0 aromatic rings. The van der Waals surface area contributed by atoms with Crippen molar-refractivity contribution in [3.8, 4) is 0 Å². The molecule has 0 saturated carbocycles. The zero-order valence-corrected chi connectivity index (χ0v) is 6.59. The minimum Gasteiger partial charge on any atom is -0.396 e. The summed E-state index contributed by atoms with van der Waals surface area (Å²) >= 11 is 0. The van der Waals surface area contributed by atoms with E-state index in [1.807, 2.05) is 0 Å². The molecule has 0 aromatic heterocycles. The van der Waals surface area contributed by atoms with Crippen LogP contribution in [0.25, 0.3) is 0 Å². The Balaban J connectivity index is 2.29. The van der Waals surface area contributed by atoms with Crippen molar-refractivity contribution in [1.29, 1.82) is 0 Å². The lowest BCUT2D eigenvalue weighted by Gasteiger charge is -2.20. The van der Waals surface area contributed by atoms with Gasteiger partial charge in [0.05, 0.1) is 0 Å². The Morgan fingerprint density at radius 3 is 3.00 bits per heavy atom. The van der Waals surface area contributed by atoms with Gasteiger partial charge in [-0.25, -0.2) is 0 Å². The van der Waals surface area contributed by atoms with Crippen LogP contribution in [0.15, 0.2) is 12.2 Å². The topological polar surface area (TPSA) is 20.2 Å². The molecule has 1 nitrogen and oxygen atoms in total. The third kappa shape index (κ3) is 2.14. The number of rotatable bonds is 2. The van der Waals surface area contributed by atoms with E-state index in [0.29, 0.717) is 6.61 Å². The van der Waals surface area contributed by atoms with Gasteiger partial charge < -0.3 is 5.11 Å². The number of aliphatic hydroxyl groups is 1. The van der Waals surface area contributed by atoms with Crippen molar-refractivity contribution in [2.45, 2.75) is 26.2 Å². The molecule has 1 aliphatic rings. The van der Waals surface area contributed by atoms with Crippen molar-refractivity contribution >= 4 is 0 Å². The number of allylic oxidation sites excluding steroid dienone is 2. The van der Waals surface area contributed by atoms with E-state index in [1.54, 1.807) is 0 Å². The molecule has 0 spiro atoms. The van der Waals surface area contributed by atoms with E-state index < -0.39 is 0 Å². The van der Waals surface area contributed by atoms with Crippen LogP contribution >= 0.6 is 0 Å². The Hall–Kier alpha value is -0.300. The van der Waals surface area contributed by atoms with Crippen LogP contribution in [0.4, 0.5) is 0 Å². The van der Waals surface area contributed by atoms with Crippen molar-refractivity contribution in [3.63, 3.8) is 0 Å². The van der Waals surface area contributed by atoms with E-state index in [2.05, 4.69) is 19.1 Å². The van der Waals surface area contributed by atoms with Gasteiger partial charge in [-0.05, 0) is 31.1 Å². The summed E-state index contributed by atoms with van der Waals surface area (Å²) in [7, 11) is 0. The van der Waals surface area contributed by atoms with Crippen molar-refractivity contribution in [3.05, 3.63) is 12.2 Å². The Bertz CT molecular complexity index is 118. The second-order valence-electron chi connectivity index (χ2n) is 3.26. The molecular weight excluding hydrogens is 124 g/mol. The molecule has 0 radical (unpaired) electrons. The summed E-state index contributed by atoms with van der Waals surface area (Å²) in [6, 6.07) is 0. The molecule has 10 heavy (non-hydrogen) atoms. The summed E-state index contributed by atoms with van der Waals surface area (Å²) in [6.45, 7) is 2.59. The summed E-state index contributed by atoms with van der Waals surface area (Å²) in [5, 5.41) is 8.68. The third-order valence-electron chi connectivity index (χ3n) is 2.18. The van der Waals surface area contributed by atoms with Gasteiger partial charge in [-0.1, -0.05) is 19.1 Å². The standard InChI is InChI=1S/C9H16O/c1-8-3-2-4-9(7-8)5-6-10/h2-3,8-10H,4-7H2,1H3. The minimum atomic E-state index is 0.352. The van der Waals surface area contributed by atoms with Crippen LogP contribution < -0.4 is 0 Å². The van der Waals surface area contributed by atoms with E-state index in [0.717, 1.165) is 18.3 Å². The minimum absolute atomic E-state index is 0.352. The second-order valence-corrected chi connectivity index (χ2v) is 3.26. The monoisotopic (exact) mass is 140 g/mol. The molecule has 1 heteroatoms. The fourth-order valence-corrected chi connectivity index (χ4v) is 1.62. The van der Waals surface area contributed by atoms with Crippen LogP contribution in [-0.2, 0) is 0 Å². The van der Waals surface area contributed by atoms with Crippen LogP contribution in [0, 0.1) is 11.8 Å². The summed E-state index contributed by atoms with van der Waals surface area (Å²) in [5.41, 5.74) is 0. The molecule has 0 aromatic carbocycles. The first-order chi connectivity index (χ1) is 4.83. The van der Waals surface area contributed by atoms with Crippen LogP contribution in [-0.4, -0.2) is 11.7 Å².